The highest BCUT2D eigenvalue weighted by atomic mass is 32.1. The van der Waals surface area contributed by atoms with Crippen LogP contribution in [0.2, 0.25) is 0 Å². The van der Waals surface area contributed by atoms with Crippen molar-refractivity contribution in [1.82, 2.24) is 5.32 Å². The van der Waals surface area contributed by atoms with Crippen molar-refractivity contribution in [2.75, 3.05) is 18.4 Å². The van der Waals surface area contributed by atoms with Crippen LogP contribution in [-0.2, 0) is 6.54 Å². The molecule has 0 radical (unpaired) electrons. The minimum Gasteiger partial charge on any atom is -0.384 e. The fraction of sp³-hybridized carbons (Fsp3) is 0.286. The Morgan fingerprint density at radius 1 is 1.20 bits per heavy atom. The number of nitro groups is 1. The van der Waals surface area contributed by atoms with Gasteiger partial charge in [-0.2, -0.15) is 0 Å². The number of benzene rings is 1. The summed E-state index contributed by atoms with van der Waals surface area (Å²) >= 11 is 1.76. The largest absolute Gasteiger partial charge is 0.384 e. The van der Waals surface area contributed by atoms with E-state index in [1.54, 1.807) is 23.5 Å². The summed E-state index contributed by atoms with van der Waals surface area (Å²) < 4.78 is 0. The topological polar surface area (TPSA) is 67.2 Å². The molecule has 1 heterocycles. The van der Waals surface area contributed by atoms with Gasteiger partial charge in [0.25, 0.3) is 5.69 Å². The van der Waals surface area contributed by atoms with E-state index in [1.807, 2.05) is 0 Å². The third-order valence-electron chi connectivity index (χ3n) is 2.96. The highest BCUT2D eigenvalue weighted by Gasteiger charge is 2.03. The number of rotatable bonds is 7. The summed E-state index contributed by atoms with van der Waals surface area (Å²) in [6, 6.07) is 8.58. The zero-order valence-corrected chi connectivity index (χ0v) is 12.1. The molecule has 0 atom stereocenters. The lowest BCUT2D eigenvalue weighted by Crippen LogP contribution is -2.21. The van der Waals surface area contributed by atoms with Crippen molar-refractivity contribution in [3.63, 3.8) is 0 Å². The molecule has 0 fully saturated rings. The van der Waals surface area contributed by atoms with Crippen molar-refractivity contribution < 1.29 is 4.92 Å². The first kappa shape index (κ1) is 14.5. The SMILES string of the molecule is Cc1ccsc1CNCCNc1ccc([N+](=O)[O-])cc1. The lowest BCUT2D eigenvalue weighted by molar-refractivity contribution is -0.384. The molecule has 0 amide bonds. The second-order valence-electron chi connectivity index (χ2n) is 4.43. The number of nitrogens with one attached hydrogen (secondary N) is 2. The molecular weight excluding hydrogens is 274 g/mol. The Kier molecular flexibility index (Phi) is 5.09. The zero-order chi connectivity index (χ0) is 14.4. The Hall–Kier alpha value is -1.92. The van der Waals surface area contributed by atoms with Crippen molar-refractivity contribution in [3.05, 3.63) is 56.3 Å². The van der Waals surface area contributed by atoms with Crippen LogP contribution in [0.4, 0.5) is 11.4 Å². The second-order valence-corrected chi connectivity index (χ2v) is 5.43. The Morgan fingerprint density at radius 3 is 2.55 bits per heavy atom. The van der Waals surface area contributed by atoms with Gasteiger partial charge in [-0.05, 0) is 36.1 Å². The van der Waals surface area contributed by atoms with Crippen LogP contribution in [0.5, 0.6) is 0 Å². The summed E-state index contributed by atoms with van der Waals surface area (Å²) in [6.07, 6.45) is 0. The van der Waals surface area contributed by atoms with Crippen LogP contribution in [-0.4, -0.2) is 18.0 Å². The van der Waals surface area contributed by atoms with E-state index in [9.17, 15) is 10.1 Å². The monoisotopic (exact) mass is 291 g/mol. The van der Waals surface area contributed by atoms with Crippen LogP contribution >= 0.6 is 11.3 Å². The highest BCUT2D eigenvalue weighted by Crippen LogP contribution is 2.15. The molecule has 0 spiro atoms. The molecule has 0 unspecified atom stereocenters. The quantitative estimate of drug-likeness (QED) is 0.467. The number of hydrogen-bond acceptors (Lipinski definition) is 5. The molecule has 0 aliphatic rings. The van der Waals surface area contributed by atoms with Gasteiger partial charge in [-0.25, -0.2) is 0 Å². The standard InChI is InChI=1S/C14H17N3O2S/c1-11-6-9-20-14(11)10-15-7-8-16-12-2-4-13(5-3-12)17(18)19/h2-6,9,15-16H,7-8,10H2,1H3. The first-order chi connectivity index (χ1) is 9.66. The van der Waals surface area contributed by atoms with Gasteiger partial charge in [0.2, 0.25) is 0 Å². The van der Waals surface area contributed by atoms with Crippen molar-refractivity contribution in [3.8, 4) is 0 Å². The maximum atomic E-state index is 10.5. The lowest BCUT2D eigenvalue weighted by Gasteiger charge is -2.07. The van der Waals surface area contributed by atoms with E-state index in [4.69, 9.17) is 0 Å². The van der Waals surface area contributed by atoms with E-state index >= 15 is 0 Å². The predicted octanol–water partition coefficient (Wildman–Crippen LogP) is 3.17. The Bertz CT molecular complexity index is 566. The maximum Gasteiger partial charge on any atom is 0.269 e. The van der Waals surface area contributed by atoms with Crippen LogP contribution in [0.15, 0.2) is 35.7 Å². The van der Waals surface area contributed by atoms with E-state index in [0.717, 1.165) is 25.3 Å². The Morgan fingerprint density at radius 2 is 1.95 bits per heavy atom. The minimum atomic E-state index is -0.394. The van der Waals surface area contributed by atoms with Gasteiger partial charge in [0.15, 0.2) is 0 Å². The number of aryl methyl sites for hydroxylation is 1. The first-order valence-corrected chi connectivity index (χ1v) is 7.27. The third kappa shape index (κ3) is 4.04. The molecular formula is C14H17N3O2S. The van der Waals surface area contributed by atoms with Gasteiger partial charge in [0, 0.05) is 42.3 Å². The summed E-state index contributed by atoms with van der Waals surface area (Å²) in [5.74, 6) is 0. The molecule has 2 rings (SSSR count). The van der Waals surface area contributed by atoms with Crippen LogP contribution in [0, 0.1) is 17.0 Å². The summed E-state index contributed by atoms with van der Waals surface area (Å²) in [5.41, 5.74) is 2.33. The summed E-state index contributed by atoms with van der Waals surface area (Å²) in [5, 5.41) is 19.2. The molecule has 0 aliphatic heterocycles. The van der Waals surface area contributed by atoms with E-state index < -0.39 is 4.92 Å². The van der Waals surface area contributed by atoms with Crippen LogP contribution < -0.4 is 10.6 Å². The van der Waals surface area contributed by atoms with Crippen molar-refractivity contribution in [1.29, 1.82) is 0 Å². The highest BCUT2D eigenvalue weighted by molar-refractivity contribution is 7.10. The fourth-order valence-electron chi connectivity index (χ4n) is 1.78. The lowest BCUT2D eigenvalue weighted by atomic mass is 10.3. The van der Waals surface area contributed by atoms with Gasteiger partial charge in [0.05, 0.1) is 4.92 Å². The van der Waals surface area contributed by atoms with Crippen LogP contribution in [0.1, 0.15) is 10.4 Å². The minimum absolute atomic E-state index is 0.113. The van der Waals surface area contributed by atoms with Gasteiger partial charge in [-0.3, -0.25) is 10.1 Å². The average Bonchev–Trinajstić information content (AvgIpc) is 2.84. The van der Waals surface area contributed by atoms with Crippen molar-refractivity contribution >= 4 is 22.7 Å². The maximum absolute atomic E-state index is 10.5. The van der Waals surface area contributed by atoms with Crippen LogP contribution in [0.3, 0.4) is 0 Å². The van der Waals surface area contributed by atoms with Gasteiger partial charge in [-0.15, -0.1) is 11.3 Å². The van der Waals surface area contributed by atoms with Crippen molar-refractivity contribution in [2.24, 2.45) is 0 Å². The fourth-order valence-corrected chi connectivity index (χ4v) is 2.66. The molecule has 1 aromatic heterocycles. The first-order valence-electron chi connectivity index (χ1n) is 6.39. The number of anilines is 1. The average molecular weight is 291 g/mol. The van der Waals surface area contributed by atoms with Gasteiger partial charge >= 0.3 is 0 Å². The molecule has 6 heteroatoms. The summed E-state index contributed by atoms with van der Waals surface area (Å²) in [7, 11) is 0. The molecule has 1 aromatic carbocycles. The molecule has 0 aliphatic carbocycles. The normalized spacial score (nSPS) is 10.4. The van der Waals surface area contributed by atoms with E-state index in [1.165, 1.54) is 22.6 Å². The number of non-ortho nitro benzene ring substituents is 1. The number of nitro benzene ring substituents is 1. The number of nitrogens with zero attached hydrogens (tertiary/aromatic N) is 1. The van der Waals surface area contributed by atoms with Crippen molar-refractivity contribution in [2.45, 2.75) is 13.5 Å². The van der Waals surface area contributed by atoms with E-state index in [0.29, 0.717) is 0 Å². The van der Waals surface area contributed by atoms with Gasteiger partial charge in [-0.1, -0.05) is 0 Å². The molecule has 0 saturated carbocycles. The third-order valence-corrected chi connectivity index (χ3v) is 3.99. The Balaban J connectivity index is 1.68. The zero-order valence-electron chi connectivity index (χ0n) is 11.3. The molecule has 5 nitrogen and oxygen atoms in total. The molecule has 0 bridgehead atoms. The van der Waals surface area contributed by atoms with E-state index in [2.05, 4.69) is 29.0 Å². The molecule has 0 saturated heterocycles. The smallest absolute Gasteiger partial charge is 0.269 e. The number of thiophene rings is 1. The molecule has 20 heavy (non-hydrogen) atoms. The summed E-state index contributed by atoms with van der Waals surface area (Å²) in [4.78, 5) is 11.5. The number of hydrogen-bond donors (Lipinski definition) is 2. The second kappa shape index (κ2) is 7.02. The summed E-state index contributed by atoms with van der Waals surface area (Å²) in [6.45, 7) is 4.62. The Labute approximate surface area is 121 Å². The molecule has 2 aromatic rings. The van der Waals surface area contributed by atoms with Crippen LogP contribution in [0.25, 0.3) is 0 Å². The van der Waals surface area contributed by atoms with Gasteiger partial charge in [0.1, 0.15) is 0 Å². The predicted molar refractivity (Wildman–Crippen MR) is 82.3 cm³/mol. The molecule has 2 N–H and O–H groups in total. The molecule has 106 valence electrons. The van der Waals surface area contributed by atoms with Gasteiger partial charge < -0.3 is 10.6 Å². The van der Waals surface area contributed by atoms with E-state index in [-0.39, 0.29) is 5.69 Å².